The third-order valence-corrected chi connectivity index (χ3v) is 3.73. The molecule has 3 rings (SSSR count). The molecule has 0 spiro atoms. The first-order valence-electron chi connectivity index (χ1n) is 6.93. The highest BCUT2D eigenvalue weighted by atomic mass is 16.1. The van der Waals surface area contributed by atoms with E-state index in [-0.39, 0.29) is 5.69 Å². The summed E-state index contributed by atoms with van der Waals surface area (Å²) in [6.45, 7) is 3.35. The fraction of sp³-hybridized carbons (Fsp3) is 0.500. The number of anilines is 1. The van der Waals surface area contributed by atoms with E-state index in [1.165, 1.54) is 12.8 Å². The summed E-state index contributed by atoms with van der Waals surface area (Å²) in [5.74, 6) is 0. The van der Waals surface area contributed by atoms with Crippen LogP contribution in [0.15, 0.2) is 23.0 Å². The van der Waals surface area contributed by atoms with E-state index in [0.29, 0.717) is 12.1 Å². The molecule has 1 aromatic heterocycles. The Labute approximate surface area is 111 Å². The van der Waals surface area contributed by atoms with Crippen LogP contribution in [-0.4, -0.2) is 28.6 Å². The minimum Gasteiger partial charge on any atom is -0.382 e. The number of benzene rings is 1. The number of rotatable bonds is 4. The Kier molecular flexibility index (Phi) is 3.29. The van der Waals surface area contributed by atoms with Crippen LogP contribution in [-0.2, 0) is 0 Å². The van der Waals surface area contributed by atoms with Gasteiger partial charge in [-0.3, -0.25) is 0 Å². The van der Waals surface area contributed by atoms with Crippen molar-refractivity contribution in [3.05, 3.63) is 28.7 Å². The van der Waals surface area contributed by atoms with Gasteiger partial charge in [-0.25, -0.2) is 4.79 Å². The fourth-order valence-electron chi connectivity index (χ4n) is 2.85. The van der Waals surface area contributed by atoms with Crippen LogP contribution in [0, 0.1) is 0 Å². The first-order chi connectivity index (χ1) is 9.20. The Hall–Kier alpha value is -1.75. The number of hydrogen-bond acceptors (Lipinski definition) is 3. The normalized spacial score (nSPS) is 20.8. The number of aromatic nitrogens is 2. The Morgan fingerprint density at radius 3 is 3.00 bits per heavy atom. The van der Waals surface area contributed by atoms with Gasteiger partial charge in [0.25, 0.3) is 0 Å². The molecule has 0 saturated carbocycles. The average molecular weight is 260 g/mol. The van der Waals surface area contributed by atoms with Crippen LogP contribution in [0.1, 0.15) is 26.2 Å². The molecule has 1 saturated heterocycles. The summed E-state index contributed by atoms with van der Waals surface area (Å²) in [7, 11) is 0. The minimum absolute atomic E-state index is 0.157. The van der Waals surface area contributed by atoms with Crippen molar-refractivity contribution in [1.82, 2.24) is 15.3 Å². The van der Waals surface area contributed by atoms with E-state index >= 15 is 0 Å². The molecule has 4 N–H and O–H groups in total. The molecule has 19 heavy (non-hydrogen) atoms. The maximum Gasteiger partial charge on any atom is 0.323 e. The zero-order valence-electron chi connectivity index (χ0n) is 11.1. The van der Waals surface area contributed by atoms with Crippen LogP contribution < -0.4 is 16.3 Å². The highest BCUT2D eigenvalue weighted by Gasteiger charge is 2.16. The monoisotopic (exact) mass is 260 g/mol. The lowest BCUT2D eigenvalue weighted by Gasteiger charge is -2.19. The van der Waals surface area contributed by atoms with Gasteiger partial charge in [0.15, 0.2) is 0 Å². The molecule has 102 valence electrons. The molecule has 0 aliphatic carbocycles. The molecule has 1 fully saturated rings. The van der Waals surface area contributed by atoms with E-state index in [2.05, 4.69) is 27.5 Å². The second kappa shape index (κ2) is 5.09. The summed E-state index contributed by atoms with van der Waals surface area (Å²) in [5.41, 5.74) is 2.59. The lowest BCUT2D eigenvalue weighted by molar-refractivity contribution is 0.523. The SMILES string of the molecule is CC(CC1CCCN1)Nc1ccc2[nH]c(=O)[nH]c2c1. The van der Waals surface area contributed by atoms with E-state index < -0.39 is 0 Å². The second-order valence-electron chi connectivity index (χ2n) is 5.41. The fourth-order valence-corrected chi connectivity index (χ4v) is 2.85. The van der Waals surface area contributed by atoms with Gasteiger partial charge in [0, 0.05) is 17.8 Å². The van der Waals surface area contributed by atoms with E-state index in [9.17, 15) is 4.79 Å². The lowest BCUT2D eigenvalue weighted by Crippen LogP contribution is -2.29. The predicted octanol–water partition coefficient (Wildman–Crippen LogP) is 1.80. The predicted molar refractivity (Wildman–Crippen MR) is 77.6 cm³/mol. The molecule has 0 amide bonds. The zero-order chi connectivity index (χ0) is 13.2. The molecule has 2 aromatic rings. The quantitative estimate of drug-likeness (QED) is 0.677. The van der Waals surface area contributed by atoms with Gasteiger partial charge in [-0.2, -0.15) is 0 Å². The van der Waals surface area contributed by atoms with Crippen LogP contribution in [0.25, 0.3) is 11.0 Å². The van der Waals surface area contributed by atoms with Crippen LogP contribution in [0.3, 0.4) is 0 Å². The Morgan fingerprint density at radius 2 is 2.21 bits per heavy atom. The first-order valence-corrected chi connectivity index (χ1v) is 6.93. The largest absolute Gasteiger partial charge is 0.382 e. The van der Waals surface area contributed by atoms with Crippen LogP contribution in [0.2, 0.25) is 0 Å². The maximum atomic E-state index is 11.2. The van der Waals surface area contributed by atoms with Crippen LogP contribution in [0.4, 0.5) is 5.69 Å². The lowest BCUT2D eigenvalue weighted by atomic mass is 10.1. The molecule has 2 atom stereocenters. The molecule has 5 nitrogen and oxygen atoms in total. The van der Waals surface area contributed by atoms with Crippen molar-refractivity contribution in [3.63, 3.8) is 0 Å². The standard InChI is InChI=1S/C14H20N4O/c1-9(7-10-3-2-6-15-10)16-11-4-5-12-13(8-11)18-14(19)17-12/h4-5,8-10,15-16H,2-3,6-7H2,1H3,(H2,17,18,19). The van der Waals surface area contributed by atoms with Gasteiger partial charge in [-0.05, 0) is 50.9 Å². The van der Waals surface area contributed by atoms with E-state index in [4.69, 9.17) is 0 Å². The highest BCUT2D eigenvalue weighted by Crippen LogP contribution is 2.18. The average Bonchev–Trinajstić information content (AvgIpc) is 2.96. The van der Waals surface area contributed by atoms with E-state index in [0.717, 1.165) is 29.7 Å². The molecule has 1 aromatic carbocycles. The number of imidazole rings is 1. The molecular weight excluding hydrogens is 240 g/mol. The summed E-state index contributed by atoms with van der Waals surface area (Å²) in [6.07, 6.45) is 3.69. The first kappa shape index (κ1) is 12.3. The number of nitrogens with one attached hydrogen (secondary N) is 4. The number of hydrogen-bond donors (Lipinski definition) is 4. The Morgan fingerprint density at radius 1 is 1.37 bits per heavy atom. The van der Waals surface area contributed by atoms with Gasteiger partial charge < -0.3 is 20.6 Å². The van der Waals surface area contributed by atoms with Gasteiger partial charge in [0.2, 0.25) is 0 Å². The summed E-state index contributed by atoms with van der Waals surface area (Å²) >= 11 is 0. The van der Waals surface area contributed by atoms with Crippen LogP contribution >= 0.6 is 0 Å². The van der Waals surface area contributed by atoms with Crippen molar-refractivity contribution in [1.29, 1.82) is 0 Å². The molecule has 0 bridgehead atoms. The summed E-state index contributed by atoms with van der Waals surface area (Å²) in [6, 6.07) is 6.96. The van der Waals surface area contributed by atoms with Crippen molar-refractivity contribution in [2.24, 2.45) is 0 Å². The van der Waals surface area contributed by atoms with Gasteiger partial charge in [-0.15, -0.1) is 0 Å². The minimum atomic E-state index is -0.157. The topological polar surface area (TPSA) is 72.7 Å². The molecule has 0 radical (unpaired) electrons. The third kappa shape index (κ3) is 2.81. The van der Waals surface area contributed by atoms with E-state index in [1.807, 2.05) is 18.2 Å². The highest BCUT2D eigenvalue weighted by molar-refractivity contribution is 5.78. The van der Waals surface area contributed by atoms with Crippen molar-refractivity contribution < 1.29 is 0 Å². The van der Waals surface area contributed by atoms with Gasteiger partial charge in [0.1, 0.15) is 0 Å². The number of fused-ring (bicyclic) bond motifs is 1. The molecule has 5 heteroatoms. The van der Waals surface area contributed by atoms with Gasteiger partial charge >= 0.3 is 5.69 Å². The third-order valence-electron chi connectivity index (χ3n) is 3.73. The molecular formula is C14H20N4O. The number of aromatic amines is 2. The molecule has 2 heterocycles. The van der Waals surface area contributed by atoms with Crippen molar-refractivity contribution >= 4 is 16.7 Å². The van der Waals surface area contributed by atoms with Crippen molar-refractivity contribution in [2.45, 2.75) is 38.3 Å². The Balaban J connectivity index is 1.67. The summed E-state index contributed by atoms with van der Waals surface area (Å²) < 4.78 is 0. The van der Waals surface area contributed by atoms with Crippen molar-refractivity contribution in [3.8, 4) is 0 Å². The second-order valence-corrected chi connectivity index (χ2v) is 5.41. The number of H-pyrrole nitrogens is 2. The maximum absolute atomic E-state index is 11.2. The van der Waals surface area contributed by atoms with Crippen molar-refractivity contribution in [2.75, 3.05) is 11.9 Å². The Bertz CT molecular complexity index is 609. The summed E-state index contributed by atoms with van der Waals surface area (Å²) in [4.78, 5) is 16.7. The van der Waals surface area contributed by atoms with E-state index in [1.54, 1.807) is 0 Å². The smallest absolute Gasteiger partial charge is 0.323 e. The van der Waals surface area contributed by atoms with Gasteiger partial charge in [-0.1, -0.05) is 0 Å². The van der Waals surface area contributed by atoms with Crippen LogP contribution in [0.5, 0.6) is 0 Å². The zero-order valence-corrected chi connectivity index (χ0v) is 11.1. The van der Waals surface area contributed by atoms with Gasteiger partial charge in [0.05, 0.1) is 11.0 Å². The molecule has 1 aliphatic heterocycles. The molecule has 2 unspecified atom stereocenters. The summed E-state index contributed by atoms with van der Waals surface area (Å²) in [5, 5.41) is 7.01. The molecule has 1 aliphatic rings.